The first-order valence-electron chi connectivity index (χ1n) is 9.65. The molecule has 0 bridgehead atoms. The van der Waals surface area contributed by atoms with Gasteiger partial charge >= 0.3 is 0 Å². The van der Waals surface area contributed by atoms with Crippen molar-refractivity contribution < 1.29 is 13.2 Å². The standard InChI is InChI=1S/C18H28N4O3S2/c1-3-21-10-6-18(16(21)23)14-22(27(2,24)25)13-17(18)4-8-20(9-5-17)12-15-19-7-11-26-15/h7,11H,3-6,8-10,12-14H2,1-2H3. The Hall–Kier alpha value is -1.03. The average molecular weight is 413 g/mol. The van der Waals surface area contributed by atoms with Gasteiger partial charge < -0.3 is 4.90 Å². The molecule has 3 aliphatic rings. The molecule has 150 valence electrons. The van der Waals surface area contributed by atoms with Crippen LogP contribution in [0, 0.1) is 10.8 Å². The van der Waals surface area contributed by atoms with Gasteiger partial charge in [0.25, 0.3) is 0 Å². The van der Waals surface area contributed by atoms with Crippen molar-refractivity contribution in [1.29, 1.82) is 0 Å². The molecule has 1 amide bonds. The smallest absolute Gasteiger partial charge is 0.230 e. The number of nitrogens with zero attached hydrogens (tertiary/aromatic N) is 4. The maximum Gasteiger partial charge on any atom is 0.230 e. The fraction of sp³-hybridized carbons (Fsp3) is 0.778. The number of sulfonamides is 1. The molecule has 0 aromatic carbocycles. The monoisotopic (exact) mass is 412 g/mol. The summed E-state index contributed by atoms with van der Waals surface area (Å²) in [5.41, 5.74) is -0.782. The number of carbonyl (C=O) groups is 1. The molecule has 0 saturated carbocycles. The molecule has 1 atom stereocenters. The largest absolute Gasteiger partial charge is 0.342 e. The summed E-state index contributed by atoms with van der Waals surface area (Å²) in [6.07, 6.45) is 5.62. The molecule has 7 nitrogen and oxygen atoms in total. The first-order valence-corrected chi connectivity index (χ1v) is 12.4. The number of likely N-dealkylation sites (tertiary alicyclic amines) is 2. The minimum absolute atomic E-state index is 0.171. The van der Waals surface area contributed by atoms with E-state index >= 15 is 0 Å². The molecule has 1 aromatic rings. The molecule has 0 N–H and O–H groups in total. The minimum atomic E-state index is -3.30. The molecule has 0 aliphatic carbocycles. The van der Waals surface area contributed by atoms with Crippen LogP contribution in [0.3, 0.4) is 0 Å². The Bertz CT molecular complexity index is 803. The third-order valence-electron chi connectivity index (χ3n) is 6.95. The quantitative estimate of drug-likeness (QED) is 0.744. The van der Waals surface area contributed by atoms with Crippen molar-refractivity contribution >= 4 is 27.3 Å². The van der Waals surface area contributed by atoms with Crippen molar-refractivity contribution in [3.05, 3.63) is 16.6 Å². The summed E-state index contributed by atoms with van der Waals surface area (Å²) in [7, 11) is -3.30. The van der Waals surface area contributed by atoms with Crippen molar-refractivity contribution in [3.63, 3.8) is 0 Å². The van der Waals surface area contributed by atoms with Gasteiger partial charge in [-0.3, -0.25) is 9.69 Å². The van der Waals surface area contributed by atoms with Gasteiger partial charge in [-0.2, -0.15) is 0 Å². The molecule has 3 aliphatic heterocycles. The summed E-state index contributed by atoms with van der Waals surface area (Å²) >= 11 is 1.67. The highest BCUT2D eigenvalue weighted by atomic mass is 32.2. The Morgan fingerprint density at radius 3 is 2.48 bits per heavy atom. The molecule has 4 rings (SSSR count). The zero-order valence-corrected chi connectivity index (χ0v) is 17.7. The zero-order valence-electron chi connectivity index (χ0n) is 16.1. The van der Waals surface area contributed by atoms with E-state index in [1.165, 1.54) is 6.26 Å². The normalized spacial score (nSPS) is 29.4. The summed E-state index contributed by atoms with van der Waals surface area (Å²) in [5.74, 6) is 0.171. The SMILES string of the molecule is CCN1CCC2(CN(S(C)(=O)=O)CC23CCN(Cc2nccs2)CC3)C1=O. The van der Waals surface area contributed by atoms with E-state index in [1.807, 2.05) is 23.4 Å². The topological polar surface area (TPSA) is 73.8 Å². The van der Waals surface area contributed by atoms with E-state index in [0.29, 0.717) is 19.6 Å². The molecular weight excluding hydrogens is 384 g/mol. The van der Waals surface area contributed by atoms with Gasteiger partial charge in [0.2, 0.25) is 15.9 Å². The maximum atomic E-state index is 13.3. The highest BCUT2D eigenvalue weighted by Crippen LogP contribution is 2.58. The number of hydrogen-bond acceptors (Lipinski definition) is 6. The predicted octanol–water partition coefficient (Wildman–Crippen LogP) is 1.24. The lowest BCUT2D eigenvalue weighted by Crippen LogP contribution is -2.52. The van der Waals surface area contributed by atoms with Crippen LogP contribution in [-0.4, -0.2) is 78.9 Å². The minimum Gasteiger partial charge on any atom is -0.342 e. The van der Waals surface area contributed by atoms with Gasteiger partial charge in [-0.1, -0.05) is 0 Å². The summed E-state index contributed by atoms with van der Waals surface area (Å²) in [6.45, 7) is 6.91. The third-order valence-corrected chi connectivity index (χ3v) is 8.91. The number of piperidine rings is 1. The molecule has 3 saturated heterocycles. The van der Waals surface area contributed by atoms with Crippen LogP contribution in [0.15, 0.2) is 11.6 Å². The van der Waals surface area contributed by atoms with Crippen molar-refractivity contribution in [2.75, 3.05) is 45.5 Å². The summed E-state index contributed by atoms with van der Waals surface area (Å²) in [5, 5.41) is 3.10. The first kappa shape index (κ1) is 19.3. The fourth-order valence-electron chi connectivity index (χ4n) is 5.32. The molecule has 2 spiro atoms. The van der Waals surface area contributed by atoms with E-state index < -0.39 is 15.4 Å². The average Bonchev–Trinajstić information content (AvgIpc) is 3.32. The van der Waals surface area contributed by atoms with Gasteiger partial charge in [-0.25, -0.2) is 17.7 Å². The molecule has 1 aromatic heterocycles. The van der Waals surface area contributed by atoms with Gasteiger partial charge in [-0.15, -0.1) is 11.3 Å². The van der Waals surface area contributed by atoms with Crippen molar-refractivity contribution in [1.82, 2.24) is 19.1 Å². The van der Waals surface area contributed by atoms with Crippen molar-refractivity contribution in [3.8, 4) is 0 Å². The highest BCUT2D eigenvalue weighted by Gasteiger charge is 2.66. The number of rotatable bonds is 4. The number of amides is 1. The van der Waals surface area contributed by atoms with E-state index in [1.54, 1.807) is 15.6 Å². The molecule has 27 heavy (non-hydrogen) atoms. The van der Waals surface area contributed by atoms with E-state index in [2.05, 4.69) is 9.88 Å². The second-order valence-corrected chi connectivity index (χ2v) is 11.2. The number of carbonyl (C=O) groups excluding carboxylic acids is 1. The van der Waals surface area contributed by atoms with Crippen LogP contribution in [0.2, 0.25) is 0 Å². The van der Waals surface area contributed by atoms with Crippen LogP contribution in [-0.2, 0) is 21.4 Å². The van der Waals surface area contributed by atoms with Gasteiger partial charge in [0.05, 0.1) is 18.2 Å². The van der Waals surface area contributed by atoms with E-state index in [9.17, 15) is 13.2 Å². The van der Waals surface area contributed by atoms with Crippen molar-refractivity contribution in [2.24, 2.45) is 10.8 Å². The lowest BCUT2D eigenvalue weighted by atomic mass is 9.60. The van der Waals surface area contributed by atoms with Crippen LogP contribution in [0.5, 0.6) is 0 Å². The van der Waals surface area contributed by atoms with E-state index in [-0.39, 0.29) is 11.3 Å². The predicted molar refractivity (Wildman–Crippen MR) is 105 cm³/mol. The van der Waals surface area contributed by atoms with E-state index in [0.717, 1.165) is 50.4 Å². The number of aromatic nitrogens is 1. The molecule has 0 radical (unpaired) electrons. The third kappa shape index (κ3) is 3.12. The molecule has 9 heteroatoms. The number of fused-ring (bicyclic) bond motifs is 1. The summed E-state index contributed by atoms with van der Waals surface area (Å²) < 4.78 is 26.2. The first-order chi connectivity index (χ1) is 12.8. The summed E-state index contributed by atoms with van der Waals surface area (Å²) in [4.78, 5) is 22.0. The van der Waals surface area contributed by atoms with Gasteiger partial charge in [0, 0.05) is 43.2 Å². The second kappa shape index (κ2) is 6.79. The van der Waals surface area contributed by atoms with Gasteiger partial charge in [0.1, 0.15) is 5.01 Å². The number of thiazole rings is 1. The van der Waals surface area contributed by atoms with Crippen LogP contribution >= 0.6 is 11.3 Å². The maximum absolute atomic E-state index is 13.3. The Balaban J connectivity index is 1.58. The molecular formula is C18H28N4O3S2. The summed E-state index contributed by atoms with van der Waals surface area (Å²) in [6, 6.07) is 0. The Morgan fingerprint density at radius 1 is 1.19 bits per heavy atom. The van der Waals surface area contributed by atoms with Crippen LogP contribution in [0.4, 0.5) is 0 Å². The zero-order chi connectivity index (χ0) is 19.3. The van der Waals surface area contributed by atoms with Gasteiger partial charge in [0.15, 0.2) is 0 Å². The molecule has 1 unspecified atom stereocenters. The van der Waals surface area contributed by atoms with Crippen LogP contribution in [0.1, 0.15) is 31.2 Å². The fourth-order valence-corrected chi connectivity index (χ4v) is 6.92. The lowest BCUT2D eigenvalue weighted by molar-refractivity contribution is -0.142. The van der Waals surface area contributed by atoms with Crippen molar-refractivity contribution in [2.45, 2.75) is 32.7 Å². The highest BCUT2D eigenvalue weighted by molar-refractivity contribution is 7.88. The number of hydrogen-bond donors (Lipinski definition) is 0. The van der Waals surface area contributed by atoms with Gasteiger partial charge in [-0.05, 0) is 39.3 Å². The van der Waals surface area contributed by atoms with E-state index in [4.69, 9.17) is 0 Å². The Morgan fingerprint density at radius 2 is 1.93 bits per heavy atom. The Labute approximate surface area is 165 Å². The van der Waals surface area contributed by atoms with Crippen LogP contribution in [0.25, 0.3) is 0 Å². The second-order valence-electron chi connectivity index (χ2n) is 8.23. The molecule has 4 heterocycles. The molecule has 3 fully saturated rings. The lowest BCUT2D eigenvalue weighted by Gasteiger charge is -2.46. The van der Waals surface area contributed by atoms with Crippen LogP contribution < -0.4 is 0 Å². The Kier molecular flexibility index (Phi) is 4.85.